The molecule has 0 aliphatic carbocycles. The molecule has 30 heavy (non-hydrogen) atoms. The molecule has 0 spiro atoms. The minimum absolute atomic E-state index is 0.0325. The van der Waals surface area contributed by atoms with Gasteiger partial charge in [0.2, 0.25) is 0 Å². The van der Waals surface area contributed by atoms with Crippen LogP contribution in [0, 0.1) is 20.8 Å². The number of benzene rings is 2. The number of carbonyl (C=O) groups is 1. The van der Waals surface area contributed by atoms with Crippen LogP contribution >= 0.6 is 11.3 Å². The average molecular weight is 446 g/mol. The van der Waals surface area contributed by atoms with Crippen LogP contribution in [0.4, 0.5) is 5.13 Å². The van der Waals surface area contributed by atoms with Crippen LogP contribution in [0.1, 0.15) is 27.0 Å². The lowest BCUT2D eigenvalue weighted by atomic mass is 9.99. The van der Waals surface area contributed by atoms with Gasteiger partial charge in [-0.15, -0.1) is 11.3 Å². The quantitative estimate of drug-likeness (QED) is 0.575. The van der Waals surface area contributed by atoms with Crippen molar-refractivity contribution in [3.05, 3.63) is 64.0 Å². The van der Waals surface area contributed by atoms with Gasteiger partial charge in [0, 0.05) is 23.6 Å². The summed E-state index contributed by atoms with van der Waals surface area (Å²) in [6, 6.07) is 9.86. The van der Waals surface area contributed by atoms with E-state index < -0.39 is 10.0 Å². The Hall–Kier alpha value is -2.59. The molecule has 0 saturated heterocycles. The first-order chi connectivity index (χ1) is 14.1. The van der Waals surface area contributed by atoms with Crippen molar-refractivity contribution in [1.29, 1.82) is 0 Å². The zero-order valence-electron chi connectivity index (χ0n) is 17.4. The van der Waals surface area contributed by atoms with Gasteiger partial charge in [-0.05, 0) is 67.8 Å². The second-order valence-corrected chi connectivity index (χ2v) is 9.66. The van der Waals surface area contributed by atoms with Gasteiger partial charge in [0.05, 0.1) is 17.7 Å². The lowest BCUT2D eigenvalue weighted by Gasteiger charge is -2.14. The fraction of sp³-hybridized carbons (Fsp3) is 0.238. The van der Waals surface area contributed by atoms with Crippen LogP contribution in [0.2, 0.25) is 0 Å². The number of thiazole rings is 1. The lowest BCUT2D eigenvalue weighted by molar-refractivity contribution is -0.0258. The number of hydrogen-bond donors (Lipinski definition) is 1. The number of nitrogens with zero attached hydrogens (tertiary/aromatic N) is 2. The number of hydrogen-bond acceptors (Lipinski definition) is 6. The zero-order valence-corrected chi connectivity index (χ0v) is 19.0. The summed E-state index contributed by atoms with van der Waals surface area (Å²) in [7, 11) is -1.20. The van der Waals surface area contributed by atoms with Crippen molar-refractivity contribution in [2.45, 2.75) is 25.7 Å². The summed E-state index contributed by atoms with van der Waals surface area (Å²) in [5.74, 6) is -0.364. The highest BCUT2D eigenvalue weighted by atomic mass is 32.2. The molecule has 0 atom stereocenters. The fourth-order valence-corrected chi connectivity index (χ4v) is 4.56. The normalized spacial score (nSPS) is 11.7. The summed E-state index contributed by atoms with van der Waals surface area (Å²) in [4.78, 5) is 21.9. The van der Waals surface area contributed by atoms with Crippen molar-refractivity contribution in [3.8, 4) is 11.3 Å². The smallest absolute Gasteiger partial charge is 0.264 e. The number of amides is 1. The molecule has 3 aromatic rings. The Morgan fingerprint density at radius 1 is 1.07 bits per heavy atom. The molecule has 1 N–H and O–H groups in total. The van der Waals surface area contributed by atoms with Crippen molar-refractivity contribution in [2.75, 3.05) is 19.5 Å². The first-order valence-electron chi connectivity index (χ1n) is 9.11. The number of aryl methyl sites for hydroxylation is 3. The molecule has 1 aromatic heterocycles. The third-order valence-electron chi connectivity index (χ3n) is 4.85. The van der Waals surface area contributed by atoms with Crippen LogP contribution in [0.5, 0.6) is 0 Å². The van der Waals surface area contributed by atoms with Crippen molar-refractivity contribution in [2.24, 2.45) is 0 Å². The minimum atomic E-state index is -3.76. The van der Waals surface area contributed by atoms with Gasteiger partial charge in [0.1, 0.15) is 0 Å². The molecule has 7 nitrogen and oxygen atoms in total. The van der Waals surface area contributed by atoms with E-state index in [9.17, 15) is 13.2 Å². The van der Waals surface area contributed by atoms with Gasteiger partial charge in [0.25, 0.3) is 15.9 Å². The largest absolute Gasteiger partial charge is 0.298 e. The Bertz CT molecular complexity index is 1190. The van der Waals surface area contributed by atoms with Crippen molar-refractivity contribution < 1.29 is 18.0 Å². The van der Waals surface area contributed by atoms with E-state index >= 15 is 0 Å². The van der Waals surface area contributed by atoms with E-state index in [1.165, 1.54) is 60.9 Å². The number of aromatic nitrogens is 1. The molecule has 9 heteroatoms. The lowest BCUT2D eigenvalue weighted by Crippen LogP contribution is -2.25. The van der Waals surface area contributed by atoms with Crippen molar-refractivity contribution in [1.82, 2.24) is 9.45 Å². The van der Waals surface area contributed by atoms with Crippen LogP contribution in [-0.4, -0.2) is 37.9 Å². The number of carbonyl (C=O) groups excluding carboxylic acids is 1. The van der Waals surface area contributed by atoms with Gasteiger partial charge in [-0.1, -0.05) is 10.5 Å². The van der Waals surface area contributed by atoms with Gasteiger partial charge < -0.3 is 0 Å². The SMILES string of the molecule is CON(C)S(=O)(=O)c1ccc(C(=O)Nc2nc(-c3cc(C)c(C)cc3C)cs2)cc1. The molecule has 158 valence electrons. The van der Waals surface area contributed by atoms with E-state index in [4.69, 9.17) is 4.84 Å². The molecule has 2 aromatic carbocycles. The zero-order chi connectivity index (χ0) is 22.1. The van der Waals surface area contributed by atoms with E-state index in [1.807, 2.05) is 12.3 Å². The van der Waals surface area contributed by atoms with Crippen LogP contribution in [0.3, 0.4) is 0 Å². The summed E-state index contributed by atoms with van der Waals surface area (Å²) >= 11 is 1.34. The maximum Gasteiger partial charge on any atom is 0.264 e. The highest BCUT2D eigenvalue weighted by molar-refractivity contribution is 7.89. The van der Waals surface area contributed by atoms with E-state index in [1.54, 1.807) is 0 Å². The van der Waals surface area contributed by atoms with Crippen LogP contribution in [-0.2, 0) is 14.9 Å². The molecule has 0 radical (unpaired) electrons. The summed E-state index contributed by atoms with van der Waals surface area (Å²) in [6.07, 6.45) is 0. The van der Waals surface area contributed by atoms with E-state index in [2.05, 4.69) is 36.3 Å². The Morgan fingerprint density at radius 3 is 2.33 bits per heavy atom. The third-order valence-corrected chi connectivity index (χ3v) is 7.30. The molecule has 0 bridgehead atoms. The maximum absolute atomic E-state index is 12.5. The molecule has 0 aliphatic heterocycles. The third kappa shape index (κ3) is 4.44. The van der Waals surface area contributed by atoms with Crippen molar-refractivity contribution >= 4 is 32.4 Å². The number of hydroxylamine groups is 1. The predicted molar refractivity (Wildman–Crippen MR) is 118 cm³/mol. The molecule has 3 rings (SSSR count). The molecular weight excluding hydrogens is 422 g/mol. The van der Waals surface area contributed by atoms with Crippen LogP contribution < -0.4 is 5.32 Å². The minimum Gasteiger partial charge on any atom is -0.298 e. The van der Waals surface area contributed by atoms with Gasteiger partial charge >= 0.3 is 0 Å². The number of rotatable bonds is 6. The van der Waals surface area contributed by atoms with Gasteiger partial charge in [0.15, 0.2) is 5.13 Å². The Balaban J connectivity index is 1.77. The molecule has 0 aliphatic rings. The number of nitrogens with one attached hydrogen (secondary N) is 1. The van der Waals surface area contributed by atoms with E-state index in [0.29, 0.717) is 10.7 Å². The first kappa shape index (κ1) is 22.1. The number of anilines is 1. The van der Waals surface area contributed by atoms with Crippen LogP contribution in [0.25, 0.3) is 11.3 Å². The fourth-order valence-electron chi connectivity index (χ4n) is 2.89. The van der Waals surface area contributed by atoms with E-state index in [0.717, 1.165) is 21.3 Å². The Morgan fingerprint density at radius 2 is 1.70 bits per heavy atom. The second-order valence-electron chi connectivity index (χ2n) is 6.87. The Kier molecular flexibility index (Phi) is 6.37. The monoisotopic (exact) mass is 445 g/mol. The maximum atomic E-state index is 12.5. The Labute approximate surface area is 180 Å². The highest BCUT2D eigenvalue weighted by Crippen LogP contribution is 2.29. The van der Waals surface area contributed by atoms with E-state index in [-0.39, 0.29) is 10.8 Å². The summed E-state index contributed by atoms with van der Waals surface area (Å²) in [5, 5.41) is 5.15. The first-order valence-corrected chi connectivity index (χ1v) is 11.4. The molecule has 1 amide bonds. The van der Waals surface area contributed by atoms with Crippen molar-refractivity contribution in [3.63, 3.8) is 0 Å². The predicted octanol–water partition coefficient (Wildman–Crippen LogP) is 4.17. The standard InChI is InChI=1S/C21H23N3O4S2/c1-13-10-15(3)18(11-14(13)2)19-12-29-21(22-19)23-20(25)16-6-8-17(9-7-16)30(26,27)24(4)28-5/h6-12H,1-5H3,(H,22,23,25). The molecule has 0 unspecified atom stereocenters. The second kappa shape index (κ2) is 8.65. The van der Waals surface area contributed by atoms with Gasteiger partial charge in [-0.3, -0.25) is 14.9 Å². The molecular formula is C21H23N3O4S2. The van der Waals surface area contributed by atoms with Gasteiger partial charge in [-0.25, -0.2) is 13.4 Å². The molecule has 0 fully saturated rings. The molecule has 0 saturated carbocycles. The van der Waals surface area contributed by atoms with Crippen LogP contribution in [0.15, 0.2) is 46.7 Å². The highest BCUT2D eigenvalue weighted by Gasteiger charge is 2.21. The topological polar surface area (TPSA) is 88.6 Å². The number of sulfonamides is 1. The average Bonchev–Trinajstić information content (AvgIpc) is 3.18. The van der Waals surface area contributed by atoms with Gasteiger partial charge in [-0.2, -0.15) is 0 Å². The summed E-state index contributed by atoms with van der Waals surface area (Å²) in [5.41, 5.74) is 5.70. The molecule has 1 heterocycles. The summed E-state index contributed by atoms with van der Waals surface area (Å²) in [6.45, 7) is 6.17. The summed E-state index contributed by atoms with van der Waals surface area (Å²) < 4.78 is 25.2.